The lowest BCUT2D eigenvalue weighted by Crippen LogP contribution is -2.47. The van der Waals surface area contributed by atoms with Gasteiger partial charge in [-0.05, 0) is 86.6 Å². The lowest BCUT2D eigenvalue weighted by atomic mass is 9.71. The number of unbranched alkanes of at least 4 members (excludes halogenated alkanes) is 1. The summed E-state index contributed by atoms with van der Waals surface area (Å²) in [4.78, 5) is 7.95. The molecule has 2 saturated heterocycles. The van der Waals surface area contributed by atoms with Crippen molar-refractivity contribution in [3.63, 3.8) is 0 Å². The van der Waals surface area contributed by atoms with Crippen LogP contribution in [0.3, 0.4) is 0 Å². The highest BCUT2D eigenvalue weighted by molar-refractivity contribution is 5.63. The summed E-state index contributed by atoms with van der Waals surface area (Å²) in [7, 11) is 1.86. The molecule has 4 nitrogen and oxygen atoms in total. The van der Waals surface area contributed by atoms with Gasteiger partial charge in [-0.3, -0.25) is 4.90 Å². The molecule has 0 amide bonds. The fourth-order valence-electron chi connectivity index (χ4n) is 6.01. The molecule has 3 aliphatic rings. The summed E-state index contributed by atoms with van der Waals surface area (Å²) in [6.07, 6.45) is 10.7. The Morgan fingerprint density at radius 1 is 0.906 bits per heavy atom. The van der Waals surface area contributed by atoms with E-state index in [1.54, 1.807) is 5.56 Å². The Morgan fingerprint density at radius 3 is 2.22 bits per heavy atom. The second kappa shape index (κ2) is 10.8. The molecule has 2 aliphatic heterocycles. The molecule has 1 aliphatic carbocycles. The molecular formula is C28H47N3O. The standard InChI is InChI=1S/C28H47N3O/c1-5-6-15-29-18-20-31(21-19-29)27-8-7-24(30-16-11-25(32-4)12-17-30)22-26(27)23-9-13-28(2,3)14-10-23/h7-8,22-23,25H,5-6,9-21H2,1-4H3. The van der Waals surface area contributed by atoms with E-state index in [1.807, 2.05) is 7.11 Å². The lowest BCUT2D eigenvalue weighted by Gasteiger charge is -2.40. The maximum atomic E-state index is 5.61. The zero-order valence-electron chi connectivity index (χ0n) is 21.2. The molecule has 2 heterocycles. The molecule has 0 unspecified atom stereocenters. The molecule has 4 rings (SSSR count). The van der Waals surface area contributed by atoms with E-state index in [0.29, 0.717) is 17.4 Å². The van der Waals surface area contributed by atoms with Crippen LogP contribution in [0.1, 0.15) is 83.6 Å². The number of anilines is 2. The number of piperidine rings is 1. The Hall–Kier alpha value is -1.26. The van der Waals surface area contributed by atoms with Crippen molar-refractivity contribution in [3.05, 3.63) is 23.8 Å². The van der Waals surface area contributed by atoms with Crippen molar-refractivity contribution in [1.29, 1.82) is 0 Å². The minimum atomic E-state index is 0.439. The smallest absolute Gasteiger partial charge is 0.0605 e. The molecule has 0 bridgehead atoms. The van der Waals surface area contributed by atoms with Gasteiger partial charge in [0.05, 0.1) is 6.10 Å². The maximum absolute atomic E-state index is 5.61. The minimum Gasteiger partial charge on any atom is -0.381 e. The first-order chi connectivity index (χ1) is 15.5. The average molecular weight is 442 g/mol. The number of piperazine rings is 1. The van der Waals surface area contributed by atoms with E-state index in [2.05, 4.69) is 53.7 Å². The van der Waals surface area contributed by atoms with Gasteiger partial charge >= 0.3 is 0 Å². The van der Waals surface area contributed by atoms with Gasteiger partial charge in [0.15, 0.2) is 0 Å². The summed E-state index contributed by atoms with van der Waals surface area (Å²) in [5.74, 6) is 0.715. The quantitative estimate of drug-likeness (QED) is 0.524. The molecule has 1 saturated carbocycles. The molecule has 3 fully saturated rings. The van der Waals surface area contributed by atoms with E-state index in [1.165, 1.54) is 82.6 Å². The van der Waals surface area contributed by atoms with Crippen LogP contribution in [-0.4, -0.2) is 63.9 Å². The van der Waals surface area contributed by atoms with Crippen molar-refractivity contribution < 1.29 is 4.74 Å². The van der Waals surface area contributed by atoms with E-state index >= 15 is 0 Å². The first-order valence-corrected chi connectivity index (χ1v) is 13.4. The first kappa shape index (κ1) is 23.9. The van der Waals surface area contributed by atoms with Gasteiger partial charge in [0.25, 0.3) is 0 Å². The van der Waals surface area contributed by atoms with Crippen LogP contribution in [0, 0.1) is 5.41 Å². The van der Waals surface area contributed by atoms with Crippen LogP contribution in [0.2, 0.25) is 0 Å². The van der Waals surface area contributed by atoms with Crippen molar-refractivity contribution in [1.82, 2.24) is 4.90 Å². The van der Waals surface area contributed by atoms with Crippen LogP contribution in [0.25, 0.3) is 0 Å². The third-order valence-electron chi connectivity index (χ3n) is 8.47. The first-order valence-electron chi connectivity index (χ1n) is 13.4. The number of rotatable bonds is 7. The van der Waals surface area contributed by atoms with Crippen LogP contribution in [0.15, 0.2) is 18.2 Å². The monoisotopic (exact) mass is 441 g/mol. The summed E-state index contributed by atoms with van der Waals surface area (Å²) in [6, 6.07) is 7.45. The summed E-state index contributed by atoms with van der Waals surface area (Å²) < 4.78 is 5.61. The molecule has 0 N–H and O–H groups in total. The van der Waals surface area contributed by atoms with Crippen molar-refractivity contribution in [2.75, 3.05) is 62.7 Å². The van der Waals surface area contributed by atoms with Crippen LogP contribution in [0.4, 0.5) is 11.4 Å². The number of hydrogen-bond acceptors (Lipinski definition) is 4. The Labute approximate surface area is 197 Å². The molecular weight excluding hydrogens is 394 g/mol. The largest absolute Gasteiger partial charge is 0.381 e. The van der Waals surface area contributed by atoms with Gasteiger partial charge in [-0.25, -0.2) is 0 Å². The van der Waals surface area contributed by atoms with Gasteiger partial charge in [0, 0.05) is 57.8 Å². The van der Waals surface area contributed by atoms with E-state index in [-0.39, 0.29) is 0 Å². The predicted molar refractivity (Wildman–Crippen MR) is 137 cm³/mol. The van der Waals surface area contributed by atoms with Gasteiger partial charge in [-0.2, -0.15) is 0 Å². The fraction of sp³-hybridized carbons (Fsp3) is 0.786. The Morgan fingerprint density at radius 2 is 1.59 bits per heavy atom. The highest BCUT2D eigenvalue weighted by Gasteiger charge is 2.31. The van der Waals surface area contributed by atoms with Gasteiger partial charge in [-0.1, -0.05) is 27.2 Å². The SMILES string of the molecule is CCCCN1CCN(c2ccc(N3CCC(OC)CC3)cc2C2CCC(C)(C)CC2)CC1. The molecule has 0 aromatic heterocycles. The summed E-state index contributed by atoms with van der Waals surface area (Å²) in [6.45, 7) is 15.5. The Bertz CT molecular complexity index is 707. The zero-order chi connectivity index (χ0) is 22.6. The fourth-order valence-corrected chi connectivity index (χ4v) is 6.01. The van der Waals surface area contributed by atoms with Crippen LogP contribution in [0.5, 0.6) is 0 Å². The second-order valence-corrected chi connectivity index (χ2v) is 11.3. The van der Waals surface area contributed by atoms with Crippen molar-refractivity contribution in [3.8, 4) is 0 Å². The van der Waals surface area contributed by atoms with Gasteiger partial charge in [0.2, 0.25) is 0 Å². The zero-order valence-corrected chi connectivity index (χ0v) is 21.2. The van der Waals surface area contributed by atoms with Crippen LogP contribution >= 0.6 is 0 Å². The summed E-state index contributed by atoms with van der Waals surface area (Å²) in [5.41, 5.74) is 5.11. The normalized spacial score (nSPS) is 23.6. The van der Waals surface area contributed by atoms with Gasteiger partial charge in [0.1, 0.15) is 0 Å². The highest BCUT2D eigenvalue weighted by Crippen LogP contribution is 2.46. The van der Waals surface area contributed by atoms with Crippen LogP contribution in [-0.2, 0) is 4.74 Å². The molecule has 1 aromatic carbocycles. The molecule has 0 atom stereocenters. The Balaban J connectivity index is 1.52. The third kappa shape index (κ3) is 5.80. The molecule has 0 spiro atoms. The van der Waals surface area contributed by atoms with Crippen molar-refractivity contribution >= 4 is 11.4 Å². The van der Waals surface area contributed by atoms with Gasteiger partial charge < -0.3 is 14.5 Å². The summed E-state index contributed by atoms with van der Waals surface area (Å²) >= 11 is 0. The predicted octanol–water partition coefficient (Wildman–Crippen LogP) is 5.91. The maximum Gasteiger partial charge on any atom is 0.0605 e. The molecule has 0 radical (unpaired) electrons. The average Bonchev–Trinajstić information content (AvgIpc) is 2.83. The molecule has 180 valence electrons. The molecule has 32 heavy (non-hydrogen) atoms. The number of methoxy groups -OCH3 is 1. The number of nitrogens with zero attached hydrogens (tertiary/aromatic N) is 3. The van der Waals surface area contributed by atoms with Crippen LogP contribution < -0.4 is 9.80 Å². The topological polar surface area (TPSA) is 19.0 Å². The number of ether oxygens (including phenoxy) is 1. The second-order valence-electron chi connectivity index (χ2n) is 11.3. The van der Waals surface area contributed by atoms with E-state index in [0.717, 1.165) is 25.9 Å². The van der Waals surface area contributed by atoms with E-state index in [9.17, 15) is 0 Å². The van der Waals surface area contributed by atoms with Crippen molar-refractivity contribution in [2.45, 2.75) is 84.2 Å². The molecule has 4 heteroatoms. The minimum absolute atomic E-state index is 0.439. The number of hydrogen-bond donors (Lipinski definition) is 0. The summed E-state index contributed by atoms with van der Waals surface area (Å²) in [5, 5.41) is 0. The van der Waals surface area contributed by atoms with E-state index in [4.69, 9.17) is 4.74 Å². The highest BCUT2D eigenvalue weighted by atomic mass is 16.5. The lowest BCUT2D eigenvalue weighted by molar-refractivity contribution is 0.0819. The Kier molecular flexibility index (Phi) is 8.04. The molecule has 1 aromatic rings. The van der Waals surface area contributed by atoms with Crippen molar-refractivity contribution in [2.24, 2.45) is 5.41 Å². The number of benzene rings is 1. The van der Waals surface area contributed by atoms with E-state index < -0.39 is 0 Å². The third-order valence-corrected chi connectivity index (χ3v) is 8.47. The van der Waals surface area contributed by atoms with Gasteiger partial charge in [-0.15, -0.1) is 0 Å².